The van der Waals surface area contributed by atoms with Gasteiger partial charge in [0.15, 0.2) is 0 Å². The first kappa shape index (κ1) is 19.1. The number of nitrogens with zero attached hydrogens (tertiary/aromatic N) is 3. The van der Waals surface area contributed by atoms with Crippen LogP contribution in [0.1, 0.15) is 35.5 Å². The van der Waals surface area contributed by atoms with Gasteiger partial charge < -0.3 is 9.80 Å². The normalized spacial score (nSPS) is 18.0. The molecule has 1 aromatic carbocycles. The van der Waals surface area contributed by atoms with E-state index in [1.54, 1.807) is 11.3 Å². The minimum atomic E-state index is 0.187. The molecule has 140 valence electrons. The van der Waals surface area contributed by atoms with E-state index in [0.29, 0.717) is 12.5 Å². The average Bonchev–Trinajstić information content (AvgIpc) is 3.07. The molecule has 1 atom stereocenters. The van der Waals surface area contributed by atoms with Gasteiger partial charge in [0.2, 0.25) is 5.91 Å². The molecule has 1 fully saturated rings. The Morgan fingerprint density at radius 3 is 2.88 bits per heavy atom. The number of likely N-dealkylation sites (tertiary alicyclic amines) is 1. The van der Waals surface area contributed by atoms with Crippen LogP contribution in [-0.4, -0.2) is 53.4 Å². The molecule has 0 unspecified atom stereocenters. The van der Waals surface area contributed by atoms with Crippen LogP contribution < -0.4 is 0 Å². The van der Waals surface area contributed by atoms with Crippen LogP contribution in [0, 0.1) is 6.92 Å². The summed E-state index contributed by atoms with van der Waals surface area (Å²) in [4.78, 5) is 21.5. The van der Waals surface area contributed by atoms with Gasteiger partial charge in [0.25, 0.3) is 0 Å². The number of aromatic nitrogens is 1. The second kappa shape index (κ2) is 9.28. The summed E-state index contributed by atoms with van der Waals surface area (Å²) in [5.74, 6) is 0.187. The van der Waals surface area contributed by atoms with Gasteiger partial charge in [0.05, 0.1) is 17.1 Å². The molecule has 3 rings (SSSR count). The average molecular weight is 372 g/mol. The van der Waals surface area contributed by atoms with Crippen molar-refractivity contribution in [3.63, 3.8) is 0 Å². The highest BCUT2D eigenvalue weighted by atomic mass is 32.1. The van der Waals surface area contributed by atoms with Crippen LogP contribution in [-0.2, 0) is 17.6 Å². The summed E-state index contributed by atoms with van der Waals surface area (Å²) < 4.78 is 0. The minimum absolute atomic E-state index is 0.187. The first-order valence-corrected chi connectivity index (χ1v) is 10.4. The van der Waals surface area contributed by atoms with Gasteiger partial charge in [0.1, 0.15) is 0 Å². The van der Waals surface area contributed by atoms with Gasteiger partial charge in [-0.25, -0.2) is 4.98 Å². The molecule has 0 radical (unpaired) electrons. The molecule has 0 saturated carbocycles. The molecule has 5 heteroatoms. The van der Waals surface area contributed by atoms with Crippen molar-refractivity contribution in [1.82, 2.24) is 14.8 Å². The van der Waals surface area contributed by atoms with Crippen molar-refractivity contribution >= 4 is 17.2 Å². The van der Waals surface area contributed by atoms with Crippen LogP contribution in [0.5, 0.6) is 0 Å². The van der Waals surface area contributed by atoms with Gasteiger partial charge in [-0.1, -0.05) is 30.3 Å². The number of piperidine rings is 1. The number of carbonyl (C=O) groups is 1. The number of benzene rings is 1. The molecule has 4 nitrogen and oxygen atoms in total. The fraction of sp³-hybridized carbons (Fsp3) is 0.524. The zero-order valence-corrected chi connectivity index (χ0v) is 16.7. The van der Waals surface area contributed by atoms with Crippen LogP contribution in [0.2, 0.25) is 0 Å². The number of carbonyl (C=O) groups excluding carboxylic acids is 1. The third kappa shape index (κ3) is 5.39. The minimum Gasteiger partial charge on any atom is -0.341 e. The van der Waals surface area contributed by atoms with Crippen molar-refractivity contribution in [2.45, 2.75) is 45.1 Å². The highest BCUT2D eigenvalue weighted by Gasteiger charge is 2.26. The summed E-state index contributed by atoms with van der Waals surface area (Å²) in [7, 11) is 1.96. The molecule has 0 N–H and O–H groups in total. The summed E-state index contributed by atoms with van der Waals surface area (Å²) in [6.45, 7) is 5.24. The Bertz CT molecular complexity index is 700. The Labute approximate surface area is 160 Å². The van der Waals surface area contributed by atoms with Crippen molar-refractivity contribution in [1.29, 1.82) is 0 Å². The quantitative estimate of drug-likeness (QED) is 0.747. The first-order chi connectivity index (χ1) is 12.6. The molecule has 1 aliphatic rings. The van der Waals surface area contributed by atoms with Crippen LogP contribution >= 0.6 is 11.3 Å². The Kier molecular flexibility index (Phi) is 6.80. The summed E-state index contributed by atoms with van der Waals surface area (Å²) in [5.41, 5.74) is 2.31. The molecule has 1 saturated heterocycles. The van der Waals surface area contributed by atoms with Gasteiger partial charge in [-0.15, -0.1) is 11.3 Å². The van der Waals surface area contributed by atoms with E-state index in [1.165, 1.54) is 18.4 Å². The second-order valence-corrected chi connectivity index (χ2v) is 8.29. The third-order valence-corrected chi connectivity index (χ3v) is 6.03. The fourth-order valence-electron chi connectivity index (χ4n) is 3.67. The Hall–Kier alpha value is -1.72. The van der Waals surface area contributed by atoms with Crippen molar-refractivity contribution in [3.05, 3.63) is 52.0 Å². The Balaban J connectivity index is 1.45. The summed E-state index contributed by atoms with van der Waals surface area (Å²) in [6.07, 6.45) is 4.99. The van der Waals surface area contributed by atoms with E-state index in [-0.39, 0.29) is 5.91 Å². The summed E-state index contributed by atoms with van der Waals surface area (Å²) >= 11 is 1.61. The molecule has 1 aliphatic heterocycles. The largest absolute Gasteiger partial charge is 0.341 e. The molecule has 1 aromatic heterocycles. The molecule has 1 amide bonds. The highest BCUT2D eigenvalue weighted by Crippen LogP contribution is 2.17. The fourth-order valence-corrected chi connectivity index (χ4v) is 4.29. The van der Waals surface area contributed by atoms with E-state index >= 15 is 0 Å². The number of aryl methyl sites for hydroxylation is 2. The molecule has 26 heavy (non-hydrogen) atoms. The number of hydrogen-bond donors (Lipinski definition) is 0. The third-order valence-electron chi connectivity index (χ3n) is 5.20. The molecule has 0 spiro atoms. The lowest BCUT2D eigenvalue weighted by molar-refractivity contribution is -0.132. The van der Waals surface area contributed by atoms with E-state index in [4.69, 9.17) is 0 Å². The van der Waals surface area contributed by atoms with Gasteiger partial charge >= 0.3 is 0 Å². The van der Waals surface area contributed by atoms with Crippen molar-refractivity contribution < 1.29 is 4.79 Å². The standard InChI is InChI=1S/C21H29N3OS/c1-17-22-19(16-26-17)14-21(25)23(2)20-11-7-13-24(15-20)12-6-10-18-8-4-3-5-9-18/h3-5,8-9,16,20H,6-7,10-15H2,1-2H3/t20-/m0/s1. The maximum absolute atomic E-state index is 12.6. The van der Waals surface area contributed by atoms with E-state index in [2.05, 4.69) is 40.2 Å². The number of likely N-dealkylation sites (N-methyl/N-ethyl adjacent to an activating group) is 1. The monoisotopic (exact) mass is 371 g/mol. The zero-order valence-electron chi connectivity index (χ0n) is 15.9. The first-order valence-electron chi connectivity index (χ1n) is 9.55. The molecular weight excluding hydrogens is 342 g/mol. The topological polar surface area (TPSA) is 36.4 Å². The molecule has 2 aromatic rings. The van der Waals surface area contributed by atoms with Crippen molar-refractivity contribution in [3.8, 4) is 0 Å². The van der Waals surface area contributed by atoms with Crippen LogP contribution in [0.4, 0.5) is 0 Å². The number of amides is 1. The van der Waals surface area contributed by atoms with Crippen molar-refractivity contribution in [2.24, 2.45) is 0 Å². The lowest BCUT2D eigenvalue weighted by atomic mass is 10.0. The summed E-state index contributed by atoms with van der Waals surface area (Å²) in [5, 5.41) is 3.02. The van der Waals surface area contributed by atoms with Crippen molar-refractivity contribution in [2.75, 3.05) is 26.7 Å². The molecule has 0 aliphatic carbocycles. The Morgan fingerprint density at radius 2 is 2.15 bits per heavy atom. The van der Waals surface area contributed by atoms with Gasteiger partial charge in [-0.05, 0) is 51.3 Å². The van der Waals surface area contributed by atoms with Crippen LogP contribution in [0.15, 0.2) is 35.7 Å². The predicted molar refractivity (Wildman–Crippen MR) is 108 cm³/mol. The molecule has 0 bridgehead atoms. The maximum atomic E-state index is 12.6. The van der Waals surface area contributed by atoms with Gasteiger partial charge in [-0.2, -0.15) is 0 Å². The number of hydrogen-bond acceptors (Lipinski definition) is 4. The van der Waals surface area contributed by atoms with E-state index in [1.807, 2.05) is 24.3 Å². The van der Waals surface area contributed by atoms with E-state index < -0.39 is 0 Å². The smallest absolute Gasteiger partial charge is 0.228 e. The summed E-state index contributed by atoms with van der Waals surface area (Å²) in [6, 6.07) is 11.0. The number of thiazole rings is 1. The Morgan fingerprint density at radius 1 is 1.35 bits per heavy atom. The van der Waals surface area contributed by atoms with Gasteiger partial charge in [-0.3, -0.25) is 4.79 Å². The zero-order chi connectivity index (χ0) is 18.4. The molecule has 2 heterocycles. The van der Waals surface area contributed by atoms with E-state index in [0.717, 1.165) is 43.2 Å². The number of rotatable bonds is 7. The van der Waals surface area contributed by atoms with Crippen LogP contribution in [0.25, 0.3) is 0 Å². The SMILES string of the molecule is Cc1nc(CC(=O)N(C)[C@H]2CCCN(CCCc3ccccc3)C2)cs1. The molecular formula is C21H29N3OS. The lowest BCUT2D eigenvalue weighted by Crippen LogP contribution is -2.49. The highest BCUT2D eigenvalue weighted by molar-refractivity contribution is 7.09. The lowest BCUT2D eigenvalue weighted by Gasteiger charge is -2.37. The maximum Gasteiger partial charge on any atom is 0.228 e. The van der Waals surface area contributed by atoms with E-state index in [9.17, 15) is 4.79 Å². The van der Waals surface area contributed by atoms with Crippen LogP contribution in [0.3, 0.4) is 0 Å². The second-order valence-electron chi connectivity index (χ2n) is 7.23. The van der Waals surface area contributed by atoms with Gasteiger partial charge in [0, 0.05) is 25.0 Å². The predicted octanol–water partition coefficient (Wildman–Crippen LogP) is 3.55.